The van der Waals surface area contributed by atoms with Gasteiger partial charge in [0.05, 0.1) is 27.7 Å². The molecule has 61 heavy (non-hydrogen) atoms. The van der Waals surface area contributed by atoms with Gasteiger partial charge in [0.1, 0.15) is 25.5 Å². The van der Waals surface area contributed by atoms with Crippen LogP contribution in [0.4, 0.5) is 8.63 Å². The van der Waals surface area contributed by atoms with Crippen LogP contribution in [0.15, 0.2) is 30.0 Å². The second-order valence-electron chi connectivity index (χ2n) is 18.2. The molecule has 11 nitrogen and oxygen atoms in total. The van der Waals surface area contributed by atoms with Crippen molar-refractivity contribution in [3.8, 4) is 0 Å². The smallest absolute Gasteiger partial charge is 0.462 e. The van der Waals surface area contributed by atoms with E-state index in [0.29, 0.717) is 46.7 Å². The SMILES string of the molecule is CCCCCCCCCCCCCCCC(=O)OCC(COP(=O)(O)OCC[N+](C)(C)C)OC(=O)CCCCCCCCCCCC1=[N+]2C(=Cc3ccc(C)n3[B-]2(F)F)C=C1. The van der Waals surface area contributed by atoms with E-state index in [-0.39, 0.29) is 26.1 Å². The van der Waals surface area contributed by atoms with Crippen molar-refractivity contribution in [2.24, 2.45) is 0 Å². The molecule has 2 atom stereocenters. The molecule has 0 aromatic carbocycles. The molecule has 2 aliphatic rings. The number of hydrogen-bond donors (Lipinski definition) is 1. The van der Waals surface area contributed by atoms with E-state index in [1.807, 2.05) is 33.3 Å². The van der Waals surface area contributed by atoms with Gasteiger partial charge in [0, 0.05) is 43.2 Å². The maximum absolute atomic E-state index is 15.5. The molecular weight excluding hydrogens is 802 g/mol. The molecule has 2 unspecified atom stereocenters. The molecule has 348 valence electrons. The molecule has 0 fully saturated rings. The van der Waals surface area contributed by atoms with Crippen molar-refractivity contribution in [1.29, 1.82) is 0 Å². The van der Waals surface area contributed by atoms with Gasteiger partial charge in [0.15, 0.2) is 11.8 Å². The van der Waals surface area contributed by atoms with Crippen molar-refractivity contribution in [2.45, 2.75) is 180 Å². The molecule has 3 heterocycles. The van der Waals surface area contributed by atoms with Crippen LogP contribution in [0.1, 0.15) is 179 Å². The highest BCUT2D eigenvalue weighted by Crippen LogP contribution is 2.43. The zero-order valence-electron chi connectivity index (χ0n) is 38.4. The summed E-state index contributed by atoms with van der Waals surface area (Å²) >= 11 is 0. The Labute approximate surface area is 366 Å². The monoisotopic (exact) mass is 883 g/mol. The number of fused-ring (bicyclic) bond motifs is 2. The zero-order valence-corrected chi connectivity index (χ0v) is 39.3. The lowest BCUT2D eigenvalue weighted by Gasteiger charge is -2.30. The predicted octanol–water partition coefficient (Wildman–Crippen LogP) is 11.5. The molecule has 0 aliphatic carbocycles. The number of esters is 2. The number of hydrogen-bond acceptors (Lipinski definition) is 7. The van der Waals surface area contributed by atoms with Gasteiger partial charge in [-0.1, -0.05) is 129 Å². The molecule has 1 aromatic rings. The van der Waals surface area contributed by atoms with E-state index < -0.39 is 39.4 Å². The summed E-state index contributed by atoms with van der Waals surface area (Å²) in [5, 5.41) is 0. The maximum atomic E-state index is 15.5. The lowest BCUT2D eigenvalue weighted by atomic mass is 9.90. The third kappa shape index (κ3) is 21.1. The predicted molar refractivity (Wildman–Crippen MR) is 241 cm³/mol. The number of phosphoric ester groups is 1. The van der Waals surface area contributed by atoms with Crippen LogP contribution in [0.3, 0.4) is 0 Å². The molecule has 0 spiro atoms. The Bertz CT molecular complexity index is 1610. The van der Waals surface area contributed by atoms with E-state index in [2.05, 4.69) is 6.92 Å². The standard InChI is InChI=1S/C46H79BF2N3O8P/c1-6-7-8-9-10-11-12-13-14-17-20-23-26-29-45(53)57-38-44(39-59-61(55,56)58-36-35-52(3,4)5)60-46(54)30-27-24-21-18-15-16-19-22-25-28-41-33-34-43-37-42-32-31-40(2)50(42)47(48,49)51(41)43/h31-34,37,44H,6-30,35-36,38-39H2,1-5H3/p+1. The molecule has 0 saturated carbocycles. The highest BCUT2D eigenvalue weighted by atomic mass is 31.2. The molecule has 2 aliphatic heterocycles. The lowest BCUT2D eigenvalue weighted by Crippen LogP contribution is -2.50. The number of carbonyl (C=O) groups is 2. The van der Waals surface area contributed by atoms with Gasteiger partial charge in [-0.15, -0.1) is 0 Å². The van der Waals surface area contributed by atoms with Gasteiger partial charge in [-0.3, -0.25) is 18.6 Å². The molecule has 1 aromatic heterocycles. The Morgan fingerprint density at radius 1 is 0.754 bits per heavy atom. The van der Waals surface area contributed by atoms with Gasteiger partial charge in [0.2, 0.25) is 0 Å². The Morgan fingerprint density at radius 3 is 1.84 bits per heavy atom. The summed E-state index contributed by atoms with van der Waals surface area (Å²) in [4.78, 5) is 35.5. The summed E-state index contributed by atoms with van der Waals surface area (Å²) in [5.41, 5.74) is 2.36. The van der Waals surface area contributed by atoms with Gasteiger partial charge < -0.3 is 36.4 Å². The first-order valence-electron chi connectivity index (χ1n) is 23.7. The van der Waals surface area contributed by atoms with Crippen LogP contribution >= 0.6 is 7.82 Å². The molecule has 0 saturated heterocycles. The van der Waals surface area contributed by atoms with Crippen molar-refractivity contribution in [1.82, 2.24) is 4.48 Å². The summed E-state index contributed by atoms with van der Waals surface area (Å²) in [5.74, 6) is -0.879. The van der Waals surface area contributed by atoms with Crippen LogP contribution in [0.25, 0.3) is 6.08 Å². The Kier molecular flexibility index (Phi) is 24.4. The summed E-state index contributed by atoms with van der Waals surface area (Å²) in [7, 11) is 1.39. The van der Waals surface area contributed by atoms with Crippen molar-refractivity contribution in [3.05, 3.63) is 41.4 Å². The van der Waals surface area contributed by atoms with Crippen LogP contribution in [0.2, 0.25) is 0 Å². The number of ether oxygens (including phenoxy) is 2. The normalized spacial score (nSPS) is 16.0. The fourth-order valence-corrected chi connectivity index (χ4v) is 8.69. The number of unbranched alkanes of at least 4 members (excludes halogenated alkanes) is 20. The van der Waals surface area contributed by atoms with Gasteiger partial charge in [-0.05, 0) is 44.0 Å². The van der Waals surface area contributed by atoms with Crippen molar-refractivity contribution in [3.63, 3.8) is 0 Å². The number of nitrogens with zero attached hydrogens (tertiary/aromatic N) is 3. The first-order chi connectivity index (χ1) is 29.1. The molecule has 1 N–H and O–H groups in total. The summed E-state index contributed by atoms with van der Waals surface area (Å²) in [6.45, 7) is -0.150. The highest BCUT2D eigenvalue weighted by Gasteiger charge is 2.51. The molecule has 0 bridgehead atoms. The number of quaternary nitrogens is 1. The van der Waals surface area contributed by atoms with E-state index in [1.165, 1.54) is 68.7 Å². The van der Waals surface area contributed by atoms with E-state index in [4.69, 9.17) is 18.5 Å². The Balaban J connectivity index is 1.27. The van der Waals surface area contributed by atoms with Crippen molar-refractivity contribution < 1.29 is 55.2 Å². The number of rotatable bonds is 36. The summed E-state index contributed by atoms with van der Waals surface area (Å²) < 4.78 is 67.7. The number of aromatic nitrogens is 1. The number of carbonyl (C=O) groups excluding carboxylic acids is 2. The lowest BCUT2D eigenvalue weighted by molar-refractivity contribution is -0.870. The second kappa shape index (κ2) is 28.2. The first-order valence-corrected chi connectivity index (χ1v) is 25.1. The van der Waals surface area contributed by atoms with Gasteiger partial charge in [0.25, 0.3) is 0 Å². The minimum Gasteiger partial charge on any atom is -0.462 e. The van der Waals surface area contributed by atoms with E-state index in [1.54, 1.807) is 25.1 Å². The van der Waals surface area contributed by atoms with Crippen LogP contribution in [0.5, 0.6) is 0 Å². The Hall–Kier alpha value is -2.64. The average Bonchev–Trinajstić information content (AvgIpc) is 3.79. The molecule has 0 amide bonds. The number of allylic oxidation sites excluding steroid dienone is 2. The first kappa shape index (κ1) is 52.7. The fraction of sp³-hybridized carbons (Fsp3) is 0.761. The maximum Gasteiger partial charge on any atom is 0.737 e. The van der Waals surface area contributed by atoms with Gasteiger partial charge >= 0.3 is 26.7 Å². The third-order valence-corrected chi connectivity index (χ3v) is 12.6. The van der Waals surface area contributed by atoms with Crippen molar-refractivity contribution >= 4 is 38.5 Å². The Morgan fingerprint density at radius 2 is 1.28 bits per heavy atom. The van der Waals surface area contributed by atoms with E-state index >= 15 is 8.63 Å². The highest BCUT2D eigenvalue weighted by molar-refractivity contribution is 7.47. The number of aryl methyl sites for hydroxylation is 1. The van der Waals surface area contributed by atoms with Crippen LogP contribution in [0, 0.1) is 6.92 Å². The van der Waals surface area contributed by atoms with E-state index in [0.717, 1.165) is 75.1 Å². The molecule has 0 radical (unpaired) electrons. The van der Waals surface area contributed by atoms with Gasteiger partial charge in [-0.2, -0.15) is 0 Å². The minimum absolute atomic E-state index is 0.00507. The molecule has 15 heteroatoms. The van der Waals surface area contributed by atoms with Gasteiger partial charge in [-0.25, -0.2) is 4.57 Å². The number of likely N-dealkylation sites (N-methyl/N-ethyl adjacent to an activating group) is 1. The molecular formula is C46H80BF2N3O8P+. The topological polar surface area (TPSA) is 116 Å². The quantitative estimate of drug-likeness (QED) is 0.0233. The van der Waals surface area contributed by atoms with Crippen LogP contribution in [-0.2, 0) is 32.7 Å². The second-order valence-corrected chi connectivity index (χ2v) is 19.7. The van der Waals surface area contributed by atoms with Crippen LogP contribution < -0.4 is 0 Å². The summed E-state index contributed by atoms with van der Waals surface area (Å²) in [6, 6.07) is 3.49. The largest absolute Gasteiger partial charge is 0.737 e. The van der Waals surface area contributed by atoms with Crippen LogP contribution in [-0.4, -0.2) is 96.6 Å². The van der Waals surface area contributed by atoms with E-state index in [9.17, 15) is 19.0 Å². The summed E-state index contributed by atoms with van der Waals surface area (Å²) in [6.07, 6.45) is 29.7. The average molecular weight is 883 g/mol. The fourth-order valence-electron chi connectivity index (χ4n) is 7.95. The van der Waals surface area contributed by atoms with Crippen molar-refractivity contribution in [2.75, 3.05) is 47.5 Å². The third-order valence-electron chi connectivity index (χ3n) is 11.6. The zero-order chi connectivity index (χ0) is 44.6. The molecule has 3 rings (SSSR count). The minimum atomic E-state index is -4.41. The number of phosphoric acid groups is 1. The number of halogens is 2.